The summed E-state index contributed by atoms with van der Waals surface area (Å²) in [4.78, 5) is 27.6. The fourth-order valence-corrected chi connectivity index (χ4v) is 6.61. The predicted molar refractivity (Wildman–Crippen MR) is 93.3 cm³/mol. The Morgan fingerprint density at radius 3 is 2.71 bits per heavy atom. The van der Waals surface area contributed by atoms with Gasteiger partial charge >= 0.3 is 11.9 Å². The third kappa shape index (κ3) is 2.42. The van der Waals surface area contributed by atoms with E-state index < -0.39 is 13.2 Å². The first-order valence-corrected chi connectivity index (χ1v) is 9.75. The normalized spacial score (nSPS) is 27.5. The second-order valence-electron chi connectivity index (χ2n) is 5.90. The lowest BCUT2D eigenvalue weighted by molar-refractivity contribution is -0.149. The number of ether oxygens (including phenoxy) is 2. The third-order valence-corrected chi connectivity index (χ3v) is 7.67. The second-order valence-corrected chi connectivity index (χ2v) is 8.26. The third-order valence-electron chi connectivity index (χ3n) is 4.43. The van der Waals surface area contributed by atoms with Crippen molar-refractivity contribution < 1.29 is 19.1 Å². The maximum atomic E-state index is 13.0. The summed E-state index contributed by atoms with van der Waals surface area (Å²) < 4.78 is 10.7. The van der Waals surface area contributed by atoms with Gasteiger partial charge in [0.25, 0.3) is 0 Å². The maximum absolute atomic E-state index is 13.0. The van der Waals surface area contributed by atoms with Gasteiger partial charge in [0.1, 0.15) is 0 Å². The van der Waals surface area contributed by atoms with E-state index in [0.717, 1.165) is 5.70 Å². The molecule has 3 heterocycles. The highest BCUT2D eigenvalue weighted by Gasteiger charge is 2.60. The minimum atomic E-state index is -1.07. The quantitative estimate of drug-likeness (QED) is 0.444. The molecule has 0 bridgehead atoms. The van der Waals surface area contributed by atoms with Crippen LogP contribution in [0.2, 0.25) is 0 Å². The maximum Gasteiger partial charge on any atom is 0.340 e. The van der Waals surface area contributed by atoms with Gasteiger partial charge in [0, 0.05) is 12.6 Å². The van der Waals surface area contributed by atoms with E-state index in [1.54, 1.807) is 6.92 Å². The average Bonchev–Trinajstić information content (AvgIpc) is 2.86. The number of hydrogen-bond acceptors (Lipinski definition) is 5. The molecule has 0 aliphatic carbocycles. The number of allylic oxidation sites excluding steroid dienone is 4. The van der Waals surface area contributed by atoms with Crippen LogP contribution in [0.5, 0.6) is 0 Å². The number of esters is 2. The van der Waals surface area contributed by atoms with Crippen molar-refractivity contribution in [3.8, 4) is 0 Å². The number of nitrogens with zero attached hydrogens (tertiary/aromatic N) is 1. The van der Waals surface area contributed by atoms with Crippen LogP contribution in [0.15, 0.2) is 47.1 Å². The molecule has 3 rings (SSSR count). The molecule has 3 aliphatic rings. The van der Waals surface area contributed by atoms with E-state index in [-0.39, 0.29) is 11.9 Å². The highest BCUT2D eigenvalue weighted by molar-refractivity contribution is 7.66. The van der Waals surface area contributed by atoms with Crippen LogP contribution >= 0.6 is 7.92 Å². The van der Waals surface area contributed by atoms with Gasteiger partial charge in [-0.2, -0.15) is 0 Å². The minimum absolute atomic E-state index is 0.253. The van der Waals surface area contributed by atoms with Crippen LogP contribution in [0.25, 0.3) is 0 Å². The zero-order valence-electron chi connectivity index (χ0n) is 14.2. The Bertz CT molecular complexity index is 691. The van der Waals surface area contributed by atoms with E-state index in [9.17, 15) is 9.59 Å². The van der Waals surface area contributed by atoms with Crippen LogP contribution in [-0.2, 0) is 19.1 Å². The summed E-state index contributed by atoms with van der Waals surface area (Å²) in [5, 5.41) is -0.184. The highest BCUT2D eigenvalue weighted by atomic mass is 31.1. The first kappa shape index (κ1) is 17.0. The Morgan fingerprint density at radius 2 is 2.00 bits per heavy atom. The molecular formula is C18H22NO4P. The number of carbonyl (C=O) groups excluding carboxylic acids is 2. The number of fused-ring (bicyclic) bond motifs is 3. The summed E-state index contributed by atoms with van der Waals surface area (Å²) in [5.41, 5.74) is 1.98. The van der Waals surface area contributed by atoms with Crippen LogP contribution in [-0.4, -0.2) is 41.5 Å². The summed E-state index contributed by atoms with van der Waals surface area (Å²) in [6.45, 7) is 6.30. The highest BCUT2D eigenvalue weighted by Crippen LogP contribution is 2.69. The Labute approximate surface area is 143 Å². The average molecular weight is 347 g/mol. The minimum Gasteiger partial charge on any atom is -0.464 e. The van der Waals surface area contributed by atoms with Gasteiger partial charge in [-0.15, -0.1) is 0 Å². The van der Waals surface area contributed by atoms with Crippen LogP contribution in [0.3, 0.4) is 0 Å². The van der Waals surface area contributed by atoms with Crippen molar-refractivity contribution in [1.29, 1.82) is 0 Å². The van der Waals surface area contributed by atoms with E-state index in [1.807, 2.05) is 43.2 Å². The molecule has 1 unspecified atom stereocenters. The van der Waals surface area contributed by atoms with Crippen LogP contribution in [0.1, 0.15) is 27.2 Å². The molecule has 2 atom stereocenters. The van der Waals surface area contributed by atoms with Crippen molar-refractivity contribution in [2.45, 2.75) is 32.5 Å². The van der Waals surface area contributed by atoms with Gasteiger partial charge in [-0.25, -0.2) is 9.59 Å². The van der Waals surface area contributed by atoms with Crippen LogP contribution in [0, 0.1) is 0 Å². The predicted octanol–water partition coefficient (Wildman–Crippen LogP) is 3.25. The summed E-state index contributed by atoms with van der Waals surface area (Å²) in [7, 11) is -1.07. The zero-order chi connectivity index (χ0) is 17.3. The van der Waals surface area contributed by atoms with Crippen molar-refractivity contribution in [1.82, 2.24) is 4.90 Å². The number of hydrogen-bond donors (Lipinski definition) is 0. The molecule has 128 valence electrons. The monoisotopic (exact) mass is 347 g/mol. The van der Waals surface area contributed by atoms with Crippen molar-refractivity contribution in [3.63, 3.8) is 0 Å². The van der Waals surface area contributed by atoms with Crippen LogP contribution < -0.4 is 0 Å². The van der Waals surface area contributed by atoms with Gasteiger partial charge in [0.05, 0.1) is 24.2 Å². The molecule has 0 N–H and O–H groups in total. The Morgan fingerprint density at radius 1 is 1.25 bits per heavy atom. The lowest BCUT2D eigenvalue weighted by atomic mass is 10.1. The van der Waals surface area contributed by atoms with Gasteiger partial charge in [0.15, 0.2) is 5.28 Å². The molecule has 0 saturated heterocycles. The van der Waals surface area contributed by atoms with Crippen molar-refractivity contribution in [2.24, 2.45) is 0 Å². The van der Waals surface area contributed by atoms with Gasteiger partial charge in [-0.1, -0.05) is 17.7 Å². The molecule has 24 heavy (non-hydrogen) atoms. The topological polar surface area (TPSA) is 55.8 Å². The number of carbonyl (C=O) groups is 2. The van der Waals surface area contributed by atoms with E-state index >= 15 is 0 Å². The van der Waals surface area contributed by atoms with Crippen molar-refractivity contribution in [2.75, 3.05) is 19.4 Å². The Balaban J connectivity index is 2.14. The van der Waals surface area contributed by atoms with E-state index in [1.165, 1.54) is 5.57 Å². The first-order valence-electron chi connectivity index (χ1n) is 8.22. The lowest BCUT2D eigenvalue weighted by Gasteiger charge is -2.42. The van der Waals surface area contributed by atoms with Gasteiger partial charge in [0.2, 0.25) is 0 Å². The molecule has 5 nitrogen and oxygen atoms in total. The first-order chi connectivity index (χ1) is 11.6. The molecule has 0 aromatic carbocycles. The zero-order valence-corrected chi connectivity index (χ0v) is 15.1. The molecule has 0 aromatic rings. The molecule has 0 fully saturated rings. The molecule has 0 radical (unpaired) electrons. The van der Waals surface area contributed by atoms with Crippen LogP contribution in [0.4, 0.5) is 0 Å². The summed E-state index contributed by atoms with van der Waals surface area (Å²) in [6.07, 6.45) is 10.9. The smallest absolute Gasteiger partial charge is 0.340 e. The summed E-state index contributed by atoms with van der Waals surface area (Å²) in [5.74, 6) is -0.568. The fourth-order valence-electron chi connectivity index (χ4n) is 3.41. The molecular weight excluding hydrogens is 325 g/mol. The Hall–Kier alpha value is -1.87. The lowest BCUT2D eigenvalue weighted by Crippen LogP contribution is -2.49. The second kappa shape index (κ2) is 6.56. The SMILES string of the molecule is CCOC(=O)C1=C2C=CC=CN2[C@]2(C(=O)OCC)CC=C(C)CP12. The van der Waals surface area contributed by atoms with E-state index in [4.69, 9.17) is 9.47 Å². The molecule has 6 heteroatoms. The van der Waals surface area contributed by atoms with Crippen molar-refractivity contribution in [3.05, 3.63) is 47.1 Å². The van der Waals surface area contributed by atoms with Gasteiger partial charge in [-0.05, 0) is 47.0 Å². The summed E-state index contributed by atoms with van der Waals surface area (Å²) in [6, 6.07) is 0. The van der Waals surface area contributed by atoms with E-state index in [0.29, 0.717) is 31.1 Å². The fraction of sp³-hybridized carbons (Fsp3) is 0.444. The van der Waals surface area contributed by atoms with E-state index in [2.05, 4.69) is 6.08 Å². The molecule has 0 aromatic heterocycles. The number of rotatable bonds is 4. The van der Waals surface area contributed by atoms with Gasteiger partial charge < -0.3 is 14.4 Å². The molecule has 0 saturated carbocycles. The molecule has 0 amide bonds. The summed E-state index contributed by atoms with van der Waals surface area (Å²) >= 11 is 0. The molecule has 0 spiro atoms. The Kier molecular flexibility index (Phi) is 4.64. The largest absolute Gasteiger partial charge is 0.464 e. The standard InChI is InChI=1S/C18H22NO4P/c1-4-22-16(20)15-14-8-6-7-11-19(14)18(17(21)23-5-2)10-9-13(3)12-24(15)18/h6-9,11H,4-5,10,12H2,1-3H3/t18-,24?/m1/s1. The van der Waals surface area contributed by atoms with Gasteiger partial charge in [-0.3, -0.25) is 0 Å². The van der Waals surface area contributed by atoms with Crippen molar-refractivity contribution >= 4 is 19.9 Å². The molecule has 3 aliphatic heterocycles.